The van der Waals surface area contributed by atoms with Gasteiger partial charge in [0.1, 0.15) is 0 Å². The van der Waals surface area contributed by atoms with Crippen LogP contribution in [0.3, 0.4) is 0 Å². The van der Waals surface area contributed by atoms with E-state index in [0.717, 1.165) is 0 Å². The normalized spacial score (nSPS) is 32.1. The van der Waals surface area contributed by atoms with Crippen molar-refractivity contribution in [1.82, 2.24) is 0 Å². The first kappa shape index (κ1) is 21.5. The maximum atomic E-state index is 13.1. The van der Waals surface area contributed by atoms with Gasteiger partial charge in [-0.15, -0.1) is 0 Å². The molecule has 0 heterocycles. The lowest BCUT2D eigenvalue weighted by Crippen LogP contribution is -2.57. The van der Waals surface area contributed by atoms with Crippen LogP contribution >= 0.6 is 0 Å². The Morgan fingerprint density at radius 3 is 1.04 bits per heavy atom. The Labute approximate surface area is 136 Å². The van der Waals surface area contributed by atoms with Gasteiger partial charge < -0.3 is 15.3 Å². The highest BCUT2D eigenvalue weighted by Crippen LogP contribution is 2.52. The van der Waals surface area contributed by atoms with Crippen molar-refractivity contribution in [3.63, 3.8) is 0 Å². The van der Waals surface area contributed by atoms with E-state index in [1.807, 2.05) is 0 Å². The zero-order valence-corrected chi connectivity index (χ0v) is 14.0. The Hall–Kier alpha value is -0.540. The summed E-state index contributed by atoms with van der Waals surface area (Å²) in [6.07, 6.45) is -11.3. The van der Waals surface area contributed by atoms with Crippen molar-refractivity contribution in [3.05, 3.63) is 0 Å². The summed E-state index contributed by atoms with van der Waals surface area (Å²) < 4.78 is 78.6. The van der Waals surface area contributed by atoms with E-state index in [2.05, 4.69) is 0 Å². The topological polar surface area (TPSA) is 60.7 Å². The van der Waals surface area contributed by atoms with Crippen LogP contribution in [0.4, 0.5) is 26.3 Å². The van der Waals surface area contributed by atoms with Crippen LogP contribution in [0.25, 0.3) is 0 Å². The van der Waals surface area contributed by atoms with Crippen molar-refractivity contribution in [3.8, 4) is 0 Å². The van der Waals surface area contributed by atoms with Crippen molar-refractivity contribution in [2.45, 2.75) is 76.1 Å². The number of aliphatic hydroxyl groups is 3. The first-order chi connectivity index (χ1) is 10.3. The second kappa shape index (κ2) is 6.02. The van der Waals surface area contributed by atoms with E-state index in [4.69, 9.17) is 0 Å². The fraction of sp³-hybridized carbons (Fsp3) is 1.00. The zero-order chi connectivity index (χ0) is 19.4. The molecule has 0 aromatic rings. The molecule has 0 saturated heterocycles. The number of rotatable bonds is 3. The minimum Gasteiger partial charge on any atom is -0.390 e. The number of hydrogen-bond acceptors (Lipinski definition) is 3. The monoisotopic (exact) mass is 366 g/mol. The molecule has 0 aromatic carbocycles. The minimum atomic E-state index is -5.03. The molecule has 0 radical (unpaired) electrons. The minimum absolute atomic E-state index is 0.291. The summed E-state index contributed by atoms with van der Waals surface area (Å²) in [5, 5.41) is 29.8. The van der Waals surface area contributed by atoms with Crippen LogP contribution in [0.5, 0.6) is 0 Å². The number of alkyl halides is 6. The number of hydrogen-bond donors (Lipinski definition) is 3. The molecule has 1 aliphatic carbocycles. The summed E-state index contributed by atoms with van der Waals surface area (Å²) in [7, 11) is 0. The summed E-state index contributed by atoms with van der Waals surface area (Å²) in [6, 6.07) is 0. The quantitative estimate of drug-likeness (QED) is 0.671. The van der Waals surface area contributed by atoms with E-state index in [0.29, 0.717) is 13.8 Å². The molecule has 0 bridgehead atoms. The van der Waals surface area contributed by atoms with Crippen LogP contribution in [-0.4, -0.2) is 44.5 Å². The van der Waals surface area contributed by atoms with Gasteiger partial charge in [0.05, 0.1) is 5.60 Å². The fourth-order valence-electron chi connectivity index (χ4n) is 3.28. The molecule has 0 amide bonds. The summed E-state index contributed by atoms with van der Waals surface area (Å²) in [4.78, 5) is 0. The summed E-state index contributed by atoms with van der Waals surface area (Å²) in [5.74, 6) is -4.06. The first-order valence-electron chi connectivity index (χ1n) is 7.62. The van der Waals surface area contributed by atoms with Gasteiger partial charge in [0.15, 0.2) is 11.2 Å². The average molecular weight is 366 g/mol. The highest BCUT2D eigenvalue weighted by Gasteiger charge is 2.62. The summed E-state index contributed by atoms with van der Waals surface area (Å²) in [5.41, 5.74) is -7.96. The molecule has 0 spiro atoms. The van der Waals surface area contributed by atoms with Crippen LogP contribution in [0.1, 0.15) is 47.0 Å². The molecule has 1 rings (SSSR count). The maximum absolute atomic E-state index is 13.1. The molecule has 1 saturated carbocycles. The van der Waals surface area contributed by atoms with E-state index in [1.165, 1.54) is 13.8 Å². The Morgan fingerprint density at radius 1 is 0.583 bits per heavy atom. The second-order valence-electron chi connectivity index (χ2n) is 7.74. The maximum Gasteiger partial charge on any atom is 0.417 e. The van der Waals surface area contributed by atoms with Gasteiger partial charge in [0.25, 0.3) is 0 Å². The molecule has 24 heavy (non-hydrogen) atoms. The second-order valence-corrected chi connectivity index (χ2v) is 7.74. The Balaban J connectivity index is 3.26. The molecule has 1 aliphatic rings. The molecule has 1 fully saturated rings. The van der Waals surface area contributed by atoms with Crippen molar-refractivity contribution in [1.29, 1.82) is 0 Å². The van der Waals surface area contributed by atoms with Crippen LogP contribution in [0, 0.1) is 17.8 Å². The lowest BCUT2D eigenvalue weighted by Gasteiger charge is -2.49. The molecule has 9 heteroatoms. The lowest BCUT2D eigenvalue weighted by molar-refractivity contribution is -0.300. The van der Waals surface area contributed by atoms with Gasteiger partial charge in [-0.2, -0.15) is 26.3 Å². The molecule has 3 nitrogen and oxygen atoms in total. The fourth-order valence-corrected chi connectivity index (χ4v) is 3.28. The molecular formula is C15H24F6O3. The van der Waals surface area contributed by atoms with Crippen LogP contribution < -0.4 is 0 Å². The van der Waals surface area contributed by atoms with Gasteiger partial charge in [-0.05, 0) is 64.7 Å². The molecule has 0 aromatic heterocycles. The van der Waals surface area contributed by atoms with Gasteiger partial charge in [0.2, 0.25) is 0 Å². The smallest absolute Gasteiger partial charge is 0.390 e. The van der Waals surface area contributed by atoms with Gasteiger partial charge in [0, 0.05) is 0 Å². The van der Waals surface area contributed by atoms with Crippen molar-refractivity contribution >= 4 is 0 Å². The van der Waals surface area contributed by atoms with E-state index in [1.54, 1.807) is 0 Å². The number of halogens is 6. The predicted octanol–water partition coefficient (Wildman–Crippen LogP) is 3.42. The van der Waals surface area contributed by atoms with Gasteiger partial charge in [-0.1, -0.05) is 0 Å². The standard InChI is InChI=1S/C15H24F6O3/c1-11(2,22)8-5-9(12(3,23)14(16,17)18)7-10(6-8)13(4,24)15(19,20)21/h8-10,22-24H,5-7H2,1-4H3. The third-order valence-corrected chi connectivity index (χ3v) is 5.44. The SMILES string of the molecule is CC(C)(O)C1CC(C(C)(O)C(F)(F)F)CC(C(C)(O)C(F)(F)F)C1. The molecule has 3 N–H and O–H groups in total. The van der Waals surface area contributed by atoms with Crippen LogP contribution in [0.2, 0.25) is 0 Å². The highest BCUT2D eigenvalue weighted by molar-refractivity contribution is 5.02. The van der Waals surface area contributed by atoms with E-state index in [-0.39, 0.29) is 12.8 Å². The summed E-state index contributed by atoms with van der Waals surface area (Å²) >= 11 is 0. The first-order valence-corrected chi connectivity index (χ1v) is 7.62. The highest BCUT2D eigenvalue weighted by atomic mass is 19.4. The molecule has 144 valence electrons. The third-order valence-electron chi connectivity index (χ3n) is 5.44. The molecule has 4 unspecified atom stereocenters. The summed E-state index contributed by atoms with van der Waals surface area (Å²) in [6.45, 7) is 3.62. The predicted molar refractivity (Wildman–Crippen MR) is 74.0 cm³/mol. The third kappa shape index (κ3) is 3.99. The lowest BCUT2D eigenvalue weighted by atomic mass is 9.61. The van der Waals surface area contributed by atoms with Crippen molar-refractivity contribution in [2.24, 2.45) is 17.8 Å². The Bertz CT molecular complexity index is 414. The zero-order valence-electron chi connectivity index (χ0n) is 14.0. The van der Waals surface area contributed by atoms with Crippen LogP contribution in [-0.2, 0) is 0 Å². The van der Waals surface area contributed by atoms with Gasteiger partial charge in [-0.25, -0.2) is 0 Å². The average Bonchev–Trinajstić information content (AvgIpc) is 2.34. The van der Waals surface area contributed by atoms with Crippen LogP contribution in [0.15, 0.2) is 0 Å². The van der Waals surface area contributed by atoms with Crippen molar-refractivity contribution < 1.29 is 41.7 Å². The van der Waals surface area contributed by atoms with E-state index < -0.39 is 53.3 Å². The van der Waals surface area contributed by atoms with E-state index >= 15 is 0 Å². The van der Waals surface area contributed by atoms with Gasteiger partial charge in [-0.3, -0.25) is 0 Å². The molecular weight excluding hydrogens is 342 g/mol. The Kier molecular flexibility index (Phi) is 5.39. The van der Waals surface area contributed by atoms with Gasteiger partial charge >= 0.3 is 12.4 Å². The molecule has 0 aliphatic heterocycles. The van der Waals surface area contributed by atoms with E-state index in [9.17, 15) is 41.7 Å². The largest absolute Gasteiger partial charge is 0.417 e. The molecule has 4 atom stereocenters. The Morgan fingerprint density at radius 2 is 0.833 bits per heavy atom. The van der Waals surface area contributed by atoms with Crippen molar-refractivity contribution in [2.75, 3.05) is 0 Å².